The minimum Gasteiger partial charge on any atom is -0.437 e. The van der Waals surface area contributed by atoms with Gasteiger partial charge in [0.15, 0.2) is 0 Å². The van der Waals surface area contributed by atoms with E-state index in [0.717, 1.165) is 0 Å². The van der Waals surface area contributed by atoms with Gasteiger partial charge in [-0.05, 0) is 13.1 Å². The summed E-state index contributed by atoms with van der Waals surface area (Å²) in [5.41, 5.74) is 0. The molecule has 0 rings (SSSR count). The largest absolute Gasteiger partial charge is 0.437 e. The fraction of sp³-hybridized carbons (Fsp3) is 0.500. The number of nitrogens with zero attached hydrogens (tertiary/aromatic N) is 1. The third-order valence-electron chi connectivity index (χ3n) is 1.25. The van der Waals surface area contributed by atoms with Crippen molar-refractivity contribution >= 4 is 13.3 Å². The van der Waals surface area contributed by atoms with E-state index in [1.165, 1.54) is 6.42 Å². The molecule has 0 amide bonds. The van der Waals surface area contributed by atoms with Gasteiger partial charge in [-0.3, -0.25) is 0 Å². The van der Waals surface area contributed by atoms with Crippen molar-refractivity contribution in [1.82, 2.24) is 4.81 Å². The third-order valence-corrected chi connectivity index (χ3v) is 1.25. The number of aldehydes is 1. The first kappa shape index (κ1) is 14.2. The Balaban J connectivity index is 0. The minimum absolute atomic E-state index is 0. The van der Waals surface area contributed by atoms with Gasteiger partial charge in [0.2, 0.25) is 0 Å². The molecular weight excluding hydrogens is 218 g/mol. The molecule has 0 aliphatic rings. The van der Waals surface area contributed by atoms with Crippen molar-refractivity contribution in [3.8, 4) is 0 Å². The Labute approximate surface area is 93.5 Å². The van der Waals surface area contributed by atoms with Crippen LogP contribution in [0.3, 0.4) is 0 Å². The van der Waals surface area contributed by atoms with Crippen LogP contribution in [0.4, 0.5) is 0 Å². The molecule has 0 saturated heterocycles. The summed E-state index contributed by atoms with van der Waals surface area (Å²) in [5, 5.41) is 8.99. The molecule has 0 aromatic heterocycles. The maximum absolute atomic E-state index is 9.86. The van der Waals surface area contributed by atoms with E-state index < -0.39 is 7.05 Å². The fourth-order valence-corrected chi connectivity index (χ4v) is 0.609. The number of rotatable bonds is 5. The molecule has 0 spiro atoms. The monoisotopic (exact) mass is 230 g/mol. The predicted octanol–water partition coefficient (Wildman–Crippen LogP) is -0.367. The molecule has 0 aromatic rings. The third kappa shape index (κ3) is 7.01. The van der Waals surface area contributed by atoms with E-state index in [1.54, 1.807) is 11.6 Å². The van der Waals surface area contributed by atoms with Gasteiger partial charge in [-0.1, -0.05) is 0 Å². The van der Waals surface area contributed by atoms with Crippen molar-refractivity contribution in [2.75, 3.05) is 13.1 Å². The summed E-state index contributed by atoms with van der Waals surface area (Å²) in [7, 11) is -0.534. The van der Waals surface area contributed by atoms with Gasteiger partial charge in [0.25, 0.3) is 0 Å². The first-order chi connectivity index (χ1) is 4.72. The predicted molar refractivity (Wildman–Crippen MR) is 41.1 cm³/mol. The number of hydrogen-bond donors (Lipinski definition) is 1. The van der Waals surface area contributed by atoms with Crippen LogP contribution in [0.5, 0.6) is 0 Å². The Hall–Kier alpha value is 0.629. The summed E-state index contributed by atoms with van der Waals surface area (Å²) in [5.74, 6) is 0. The molecule has 5 heteroatoms. The van der Waals surface area contributed by atoms with Crippen molar-refractivity contribution in [1.29, 1.82) is 0 Å². The zero-order valence-corrected chi connectivity index (χ0v) is 9.57. The van der Waals surface area contributed by atoms with Crippen LogP contribution >= 0.6 is 0 Å². The van der Waals surface area contributed by atoms with E-state index >= 15 is 0 Å². The quantitative estimate of drug-likeness (QED) is 0.398. The van der Waals surface area contributed by atoms with E-state index in [4.69, 9.17) is 5.02 Å². The van der Waals surface area contributed by atoms with Crippen LogP contribution < -0.4 is 0 Å². The molecule has 1 radical (unpaired) electrons. The molecule has 0 aliphatic heterocycles. The molecular formula is C6H12BNO2Y-2. The zero-order chi connectivity index (χ0) is 7.98. The molecule has 0 atom stereocenters. The van der Waals surface area contributed by atoms with E-state index in [9.17, 15) is 4.79 Å². The van der Waals surface area contributed by atoms with Crippen LogP contribution in [0.1, 0.15) is 0 Å². The van der Waals surface area contributed by atoms with Gasteiger partial charge in [-0.25, -0.2) is 0 Å². The second kappa shape index (κ2) is 8.72. The standard InChI is InChI=1S/C6H12BNO2.Y/c1-3-8(7(2)10)5-4-6-9;/h4,6,10H,1,3,5H2,2H3;/q-2;. The SMILES string of the molecule is [CH2-]CN(C[CH-]C=O)B(C)O.[Y]. The van der Waals surface area contributed by atoms with Crippen LogP contribution in [-0.4, -0.2) is 36.3 Å². The molecule has 61 valence electrons. The molecule has 0 heterocycles. The van der Waals surface area contributed by atoms with Crippen molar-refractivity contribution in [2.45, 2.75) is 6.82 Å². The molecule has 0 saturated carbocycles. The van der Waals surface area contributed by atoms with Crippen LogP contribution in [0.15, 0.2) is 0 Å². The molecule has 0 aliphatic carbocycles. The summed E-state index contributed by atoms with van der Waals surface area (Å²) in [6.07, 6.45) is 2.16. The molecule has 11 heavy (non-hydrogen) atoms. The maximum atomic E-state index is 9.86. The minimum atomic E-state index is -0.534. The summed E-state index contributed by atoms with van der Waals surface area (Å²) < 4.78 is 0. The van der Waals surface area contributed by atoms with E-state index in [-0.39, 0.29) is 32.7 Å². The number of hydrogen-bond acceptors (Lipinski definition) is 3. The van der Waals surface area contributed by atoms with Gasteiger partial charge in [0, 0.05) is 32.7 Å². The van der Waals surface area contributed by atoms with Crippen molar-refractivity contribution < 1.29 is 42.5 Å². The van der Waals surface area contributed by atoms with Crippen molar-refractivity contribution in [2.24, 2.45) is 0 Å². The zero-order valence-electron chi connectivity index (χ0n) is 6.73. The van der Waals surface area contributed by atoms with Gasteiger partial charge in [0.05, 0.1) is 0 Å². The van der Waals surface area contributed by atoms with Crippen LogP contribution in [0.2, 0.25) is 6.82 Å². The number of carbonyl (C=O) groups is 1. The van der Waals surface area contributed by atoms with E-state index in [2.05, 4.69) is 6.92 Å². The van der Waals surface area contributed by atoms with Crippen molar-refractivity contribution in [3.63, 3.8) is 0 Å². The Morgan fingerprint density at radius 1 is 1.82 bits per heavy atom. The number of carbonyl (C=O) groups excluding carboxylic acids is 1. The van der Waals surface area contributed by atoms with Crippen molar-refractivity contribution in [3.05, 3.63) is 13.3 Å². The molecule has 3 nitrogen and oxygen atoms in total. The average molecular weight is 230 g/mol. The van der Waals surface area contributed by atoms with Crippen LogP contribution in [-0.2, 0) is 37.5 Å². The fourth-order valence-electron chi connectivity index (χ4n) is 0.609. The maximum Gasteiger partial charge on any atom is 0.372 e. The smallest absolute Gasteiger partial charge is 0.372 e. The Morgan fingerprint density at radius 2 is 2.36 bits per heavy atom. The van der Waals surface area contributed by atoms with E-state index in [1.807, 2.05) is 0 Å². The summed E-state index contributed by atoms with van der Waals surface area (Å²) in [6.45, 7) is 6.20. The second-order valence-corrected chi connectivity index (χ2v) is 2.00. The molecule has 0 fully saturated rings. The second-order valence-electron chi connectivity index (χ2n) is 2.00. The topological polar surface area (TPSA) is 40.5 Å². The van der Waals surface area contributed by atoms with E-state index in [0.29, 0.717) is 19.4 Å². The molecule has 0 bridgehead atoms. The van der Waals surface area contributed by atoms with Crippen LogP contribution in [0.25, 0.3) is 0 Å². The van der Waals surface area contributed by atoms with Gasteiger partial charge in [-0.2, -0.15) is 0 Å². The van der Waals surface area contributed by atoms with Crippen LogP contribution in [0, 0.1) is 13.3 Å². The first-order valence-corrected chi connectivity index (χ1v) is 3.20. The van der Waals surface area contributed by atoms with Gasteiger partial charge in [0.1, 0.15) is 0 Å². The summed E-state index contributed by atoms with van der Waals surface area (Å²) in [4.78, 5) is 11.5. The average Bonchev–Trinajstić information content (AvgIpc) is 1.89. The van der Waals surface area contributed by atoms with Gasteiger partial charge >= 0.3 is 7.05 Å². The molecule has 0 unspecified atom stereocenters. The first-order valence-electron chi connectivity index (χ1n) is 3.20. The molecule has 0 aromatic carbocycles. The summed E-state index contributed by atoms with van der Waals surface area (Å²) in [6, 6.07) is 0. The Morgan fingerprint density at radius 3 is 2.64 bits per heavy atom. The Kier molecular flexibility index (Phi) is 11.2. The normalized spacial score (nSPS) is 8.73. The van der Waals surface area contributed by atoms with Gasteiger partial charge < -0.3 is 28.0 Å². The summed E-state index contributed by atoms with van der Waals surface area (Å²) >= 11 is 0. The Bertz CT molecular complexity index is 103. The molecule has 1 N–H and O–H groups in total. The van der Waals surface area contributed by atoms with Gasteiger partial charge in [-0.15, -0.1) is 13.1 Å².